The Hall–Kier alpha value is -0.900. The molecule has 3 rings (SSSR count). The smallest absolute Gasteiger partial charge is 0.191 e. The topological polar surface area (TPSA) is 46.1 Å². The van der Waals surface area contributed by atoms with Crippen LogP contribution >= 0.6 is 24.0 Å². The molecule has 2 N–H and O–H groups in total. The second-order valence-electron chi connectivity index (χ2n) is 9.50. The van der Waals surface area contributed by atoms with Crippen LogP contribution in [-0.2, 0) is 6.54 Å². The first-order valence-electron chi connectivity index (χ1n) is 12.3. The van der Waals surface area contributed by atoms with Crippen molar-refractivity contribution in [2.75, 3.05) is 59.4 Å². The maximum atomic E-state index is 5.02. The fraction of sp³-hybridized carbons (Fsp3) is 0.720. The molecule has 0 saturated carbocycles. The molecule has 2 heterocycles. The summed E-state index contributed by atoms with van der Waals surface area (Å²) in [6, 6.07) is 11.9. The molecule has 1 aromatic carbocycles. The molecule has 2 aliphatic rings. The minimum Gasteiger partial charge on any atom is -0.357 e. The van der Waals surface area contributed by atoms with Crippen molar-refractivity contribution in [1.29, 1.82) is 0 Å². The molecule has 2 unspecified atom stereocenters. The van der Waals surface area contributed by atoms with E-state index in [1.165, 1.54) is 24.9 Å². The molecule has 2 saturated heterocycles. The zero-order valence-electron chi connectivity index (χ0n) is 20.6. The molecule has 182 valence electrons. The van der Waals surface area contributed by atoms with Gasteiger partial charge >= 0.3 is 0 Å². The van der Waals surface area contributed by atoms with Crippen LogP contribution in [0.1, 0.15) is 39.2 Å². The van der Waals surface area contributed by atoms with Gasteiger partial charge in [0.15, 0.2) is 5.96 Å². The number of rotatable bonds is 9. The van der Waals surface area contributed by atoms with Gasteiger partial charge in [-0.1, -0.05) is 44.2 Å². The first kappa shape index (κ1) is 27.3. The Labute approximate surface area is 213 Å². The molecule has 0 amide bonds. The summed E-state index contributed by atoms with van der Waals surface area (Å²) in [6.07, 6.45) is 2.54. The summed E-state index contributed by atoms with van der Waals surface area (Å²) in [4.78, 5) is 12.7. The van der Waals surface area contributed by atoms with E-state index in [0.29, 0.717) is 18.0 Å². The normalized spacial score (nSPS) is 22.0. The Morgan fingerprint density at radius 3 is 2.44 bits per heavy atom. The number of likely N-dealkylation sites (tertiary alicyclic amines) is 1. The van der Waals surface area contributed by atoms with Gasteiger partial charge in [-0.25, -0.2) is 0 Å². The van der Waals surface area contributed by atoms with Crippen LogP contribution < -0.4 is 10.6 Å². The summed E-state index contributed by atoms with van der Waals surface area (Å²) in [5, 5.41) is 7.12. The van der Waals surface area contributed by atoms with Crippen molar-refractivity contribution in [3.05, 3.63) is 35.9 Å². The lowest BCUT2D eigenvalue weighted by Gasteiger charge is -2.39. The van der Waals surface area contributed by atoms with Gasteiger partial charge < -0.3 is 15.5 Å². The number of guanidine groups is 1. The summed E-state index contributed by atoms with van der Waals surface area (Å²) < 4.78 is 0. The number of nitrogens with one attached hydrogen (secondary N) is 2. The summed E-state index contributed by atoms with van der Waals surface area (Å²) in [5.41, 5.74) is 1.40. The second-order valence-corrected chi connectivity index (χ2v) is 9.50. The zero-order chi connectivity index (χ0) is 22.1. The number of hydrogen-bond acceptors (Lipinski definition) is 4. The molecule has 7 heteroatoms. The average Bonchev–Trinajstić information content (AvgIpc) is 3.20. The van der Waals surface area contributed by atoms with Crippen LogP contribution in [0.2, 0.25) is 0 Å². The van der Waals surface area contributed by atoms with E-state index in [1.54, 1.807) is 0 Å². The first-order valence-corrected chi connectivity index (χ1v) is 12.3. The van der Waals surface area contributed by atoms with Crippen molar-refractivity contribution in [3.63, 3.8) is 0 Å². The van der Waals surface area contributed by atoms with Crippen LogP contribution in [0.5, 0.6) is 0 Å². The number of halogens is 1. The van der Waals surface area contributed by atoms with Crippen molar-refractivity contribution >= 4 is 29.9 Å². The van der Waals surface area contributed by atoms with Crippen LogP contribution in [-0.4, -0.2) is 92.1 Å². The summed E-state index contributed by atoms with van der Waals surface area (Å²) in [5.74, 6) is 1.57. The van der Waals surface area contributed by atoms with E-state index in [2.05, 4.69) is 83.5 Å². The third-order valence-electron chi connectivity index (χ3n) is 6.79. The highest BCUT2D eigenvalue weighted by molar-refractivity contribution is 14.0. The average molecular weight is 557 g/mol. The highest BCUT2D eigenvalue weighted by atomic mass is 127. The molecule has 2 fully saturated rings. The Morgan fingerprint density at radius 1 is 1.06 bits per heavy atom. The molecule has 0 spiro atoms. The van der Waals surface area contributed by atoms with E-state index in [0.717, 1.165) is 58.3 Å². The molecule has 6 nitrogen and oxygen atoms in total. The number of benzene rings is 1. The van der Waals surface area contributed by atoms with Gasteiger partial charge in [-0.15, -0.1) is 24.0 Å². The van der Waals surface area contributed by atoms with Gasteiger partial charge in [-0.05, 0) is 44.8 Å². The lowest BCUT2D eigenvalue weighted by molar-refractivity contribution is 0.0925. The Balaban J connectivity index is 0.00000363. The van der Waals surface area contributed by atoms with Crippen molar-refractivity contribution < 1.29 is 0 Å². The van der Waals surface area contributed by atoms with Gasteiger partial charge in [-0.3, -0.25) is 14.8 Å². The molecule has 32 heavy (non-hydrogen) atoms. The van der Waals surface area contributed by atoms with Gasteiger partial charge in [0.25, 0.3) is 0 Å². The number of piperazine rings is 1. The van der Waals surface area contributed by atoms with Gasteiger partial charge in [0.2, 0.25) is 0 Å². The Kier molecular flexibility index (Phi) is 12.3. The van der Waals surface area contributed by atoms with Crippen LogP contribution in [0.3, 0.4) is 0 Å². The zero-order valence-corrected chi connectivity index (χ0v) is 22.9. The van der Waals surface area contributed by atoms with E-state index in [1.807, 2.05) is 0 Å². The van der Waals surface area contributed by atoms with Crippen molar-refractivity contribution in [3.8, 4) is 0 Å². The van der Waals surface area contributed by atoms with Crippen LogP contribution in [0, 0.1) is 5.92 Å². The molecule has 0 bridgehead atoms. The van der Waals surface area contributed by atoms with Gasteiger partial charge in [0.05, 0.1) is 6.54 Å². The SMILES string of the molecule is CCNC(=NCC(C(C)C)N1CCN(C)CC1)NCC1CCCN1Cc1ccccc1.I. The predicted molar refractivity (Wildman–Crippen MR) is 147 cm³/mol. The Bertz CT molecular complexity index is 660. The van der Waals surface area contributed by atoms with Crippen molar-refractivity contribution in [2.45, 2.75) is 52.2 Å². The lowest BCUT2D eigenvalue weighted by Crippen LogP contribution is -2.52. The molecular formula is C25H45IN6. The van der Waals surface area contributed by atoms with E-state index < -0.39 is 0 Å². The van der Waals surface area contributed by atoms with E-state index in [-0.39, 0.29) is 24.0 Å². The summed E-state index contributed by atoms with van der Waals surface area (Å²) in [6.45, 7) is 16.4. The number of hydrogen-bond donors (Lipinski definition) is 2. The molecule has 0 aliphatic carbocycles. The second kappa shape index (κ2) is 14.4. The fourth-order valence-electron chi connectivity index (χ4n) is 4.79. The van der Waals surface area contributed by atoms with Crippen LogP contribution in [0.4, 0.5) is 0 Å². The van der Waals surface area contributed by atoms with E-state index in [9.17, 15) is 0 Å². The molecule has 2 aliphatic heterocycles. The van der Waals surface area contributed by atoms with Crippen LogP contribution in [0.25, 0.3) is 0 Å². The van der Waals surface area contributed by atoms with Gasteiger partial charge in [-0.2, -0.15) is 0 Å². The monoisotopic (exact) mass is 556 g/mol. The highest BCUT2D eigenvalue weighted by Gasteiger charge is 2.26. The summed E-state index contributed by atoms with van der Waals surface area (Å²) in [7, 11) is 2.22. The van der Waals surface area contributed by atoms with Crippen LogP contribution in [0.15, 0.2) is 35.3 Å². The van der Waals surface area contributed by atoms with Gasteiger partial charge in [0, 0.05) is 57.9 Å². The maximum Gasteiger partial charge on any atom is 0.191 e. The lowest BCUT2D eigenvalue weighted by atomic mass is 10.0. The standard InChI is InChI=1S/C25H44N6.HI/c1-5-26-25(28-19-24(21(2)3)30-16-14-29(4)15-17-30)27-18-23-12-9-13-31(23)20-22-10-7-6-8-11-22;/h6-8,10-11,21,23-24H,5,9,12-20H2,1-4H3,(H2,26,27,28);1H. The highest BCUT2D eigenvalue weighted by Crippen LogP contribution is 2.19. The summed E-state index contributed by atoms with van der Waals surface area (Å²) >= 11 is 0. The first-order chi connectivity index (χ1) is 15.1. The fourth-order valence-corrected chi connectivity index (χ4v) is 4.79. The molecule has 0 radical (unpaired) electrons. The Morgan fingerprint density at radius 2 is 1.78 bits per heavy atom. The number of aliphatic imine (C=N–C) groups is 1. The van der Waals surface area contributed by atoms with E-state index >= 15 is 0 Å². The minimum absolute atomic E-state index is 0. The van der Waals surface area contributed by atoms with E-state index in [4.69, 9.17) is 4.99 Å². The minimum atomic E-state index is 0. The predicted octanol–water partition coefficient (Wildman–Crippen LogP) is 3.10. The quantitative estimate of drug-likeness (QED) is 0.278. The largest absolute Gasteiger partial charge is 0.357 e. The molecular weight excluding hydrogens is 511 g/mol. The third-order valence-corrected chi connectivity index (χ3v) is 6.79. The number of nitrogens with zero attached hydrogens (tertiary/aromatic N) is 4. The molecule has 0 aromatic heterocycles. The van der Waals surface area contributed by atoms with Crippen molar-refractivity contribution in [2.24, 2.45) is 10.9 Å². The molecule has 1 aromatic rings. The number of likely N-dealkylation sites (N-methyl/N-ethyl adjacent to an activating group) is 1. The molecule has 2 atom stereocenters. The maximum absolute atomic E-state index is 5.02. The third kappa shape index (κ3) is 8.47. The van der Waals surface area contributed by atoms with Crippen molar-refractivity contribution in [1.82, 2.24) is 25.3 Å². The van der Waals surface area contributed by atoms with Gasteiger partial charge in [0.1, 0.15) is 0 Å².